The van der Waals surface area contributed by atoms with Crippen LogP contribution in [-0.4, -0.2) is 9.55 Å². The van der Waals surface area contributed by atoms with Gasteiger partial charge in [-0.3, -0.25) is 0 Å². The van der Waals surface area contributed by atoms with Crippen molar-refractivity contribution < 1.29 is 0 Å². The Hall–Kier alpha value is -1.35. The molecule has 18 heavy (non-hydrogen) atoms. The molecular formula is C15H18N2S. The number of fused-ring (bicyclic) bond motifs is 1. The van der Waals surface area contributed by atoms with Crippen LogP contribution in [-0.2, 0) is 6.54 Å². The number of aromatic amines is 1. The van der Waals surface area contributed by atoms with Crippen molar-refractivity contribution >= 4 is 23.3 Å². The van der Waals surface area contributed by atoms with Gasteiger partial charge in [0.15, 0.2) is 4.77 Å². The van der Waals surface area contributed by atoms with E-state index < -0.39 is 0 Å². The van der Waals surface area contributed by atoms with Crippen molar-refractivity contribution in [2.45, 2.75) is 39.2 Å². The van der Waals surface area contributed by atoms with Crippen LogP contribution in [0.3, 0.4) is 0 Å². The van der Waals surface area contributed by atoms with Gasteiger partial charge >= 0.3 is 0 Å². The quantitative estimate of drug-likeness (QED) is 0.634. The van der Waals surface area contributed by atoms with Gasteiger partial charge in [-0.1, -0.05) is 23.8 Å². The molecule has 0 bridgehead atoms. The molecule has 0 fully saturated rings. The second-order valence-electron chi connectivity index (χ2n) is 5.06. The summed E-state index contributed by atoms with van der Waals surface area (Å²) >= 11 is 5.44. The van der Waals surface area contributed by atoms with Crippen LogP contribution >= 0.6 is 12.2 Å². The minimum Gasteiger partial charge on any atom is -0.331 e. The average Bonchev–Trinajstić information content (AvgIpc) is 2.94. The molecule has 0 saturated carbocycles. The Morgan fingerprint density at radius 1 is 1.39 bits per heavy atom. The Labute approximate surface area is 112 Å². The molecule has 94 valence electrons. The second kappa shape index (κ2) is 4.73. The first kappa shape index (κ1) is 11.7. The highest BCUT2D eigenvalue weighted by atomic mass is 32.1. The molecule has 2 aromatic rings. The maximum atomic E-state index is 5.44. The SMILES string of the molecule is Cc1cccc2[nH]c(=S)n(CCC3=CCCC3)c12. The van der Waals surface area contributed by atoms with Crippen molar-refractivity contribution in [3.63, 3.8) is 0 Å². The summed E-state index contributed by atoms with van der Waals surface area (Å²) < 4.78 is 3.09. The van der Waals surface area contributed by atoms with Crippen LogP contribution < -0.4 is 0 Å². The number of nitrogens with zero attached hydrogens (tertiary/aromatic N) is 1. The first-order valence-electron chi connectivity index (χ1n) is 6.62. The number of benzene rings is 1. The molecule has 0 amide bonds. The van der Waals surface area contributed by atoms with Crippen LogP contribution in [0.25, 0.3) is 11.0 Å². The van der Waals surface area contributed by atoms with Gasteiger partial charge in [-0.25, -0.2) is 0 Å². The average molecular weight is 258 g/mol. The number of H-pyrrole nitrogens is 1. The van der Waals surface area contributed by atoms with Crippen molar-refractivity contribution in [1.29, 1.82) is 0 Å². The third-order valence-electron chi connectivity index (χ3n) is 3.79. The molecule has 1 aromatic heterocycles. The van der Waals surface area contributed by atoms with E-state index in [1.807, 2.05) is 0 Å². The number of imidazole rings is 1. The Bertz CT molecular complexity index is 661. The lowest BCUT2D eigenvalue weighted by Crippen LogP contribution is -2.00. The predicted octanol–water partition coefficient (Wildman–Crippen LogP) is 4.51. The predicted molar refractivity (Wildman–Crippen MR) is 78.4 cm³/mol. The van der Waals surface area contributed by atoms with E-state index in [9.17, 15) is 0 Å². The Kier molecular flexibility index (Phi) is 3.08. The van der Waals surface area contributed by atoms with E-state index in [1.165, 1.54) is 30.3 Å². The fourth-order valence-corrected chi connectivity index (χ4v) is 3.13. The van der Waals surface area contributed by atoms with Crippen LogP contribution in [0.15, 0.2) is 29.8 Å². The summed E-state index contributed by atoms with van der Waals surface area (Å²) in [6, 6.07) is 6.33. The number of allylic oxidation sites excluding steroid dienone is 2. The van der Waals surface area contributed by atoms with E-state index in [2.05, 4.69) is 40.7 Å². The molecule has 2 nitrogen and oxygen atoms in total. The summed E-state index contributed by atoms with van der Waals surface area (Å²) in [4.78, 5) is 3.30. The molecule has 1 aliphatic carbocycles. The largest absolute Gasteiger partial charge is 0.331 e. The lowest BCUT2D eigenvalue weighted by atomic mass is 10.1. The van der Waals surface area contributed by atoms with E-state index >= 15 is 0 Å². The number of hydrogen-bond acceptors (Lipinski definition) is 1. The topological polar surface area (TPSA) is 20.7 Å². The molecule has 0 radical (unpaired) electrons. The highest BCUT2D eigenvalue weighted by Gasteiger charge is 2.09. The Morgan fingerprint density at radius 2 is 2.28 bits per heavy atom. The third kappa shape index (κ3) is 2.03. The van der Waals surface area contributed by atoms with Crippen molar-refractivity contribution in [2.75, 3.05) is 0 Å². The fourth-order valence-electron chi connectivity index (χ4n) is 2.84. The summed E-state index contributed by atoms with van der Waals surface area (Å²) in [5.41, 5.74) is 5.31. The summed E-state index contributed by atoms with van der Waals surface area (Å²) in [5, 5.41) is 0. The van der Waals surface area contributed by atoms with E-state index in [0.717, 1.165) is 23.3 Å². The van der Waals surface area contributed by atoms with E-state index in [-0.39, 0.29) is 0 Å². The molecular weight excluding hydrogens is 240 g/mol. The highest BCUT2D eigenvalue weighted by Crippen LogP contribution is 2.23. The van der Waals surface area contributed by atoms with Gasteiger partial charge in [0.1, 0.15) is 0 Å². The van der Waals surface area contributed by atoms with Gasteiger partial charge in [-0.05, 0) is 56.5 Å². The minimum atomic E-state index is 0.845. The number of nitrogens with one attached hydrogen (secondary N) is 1. The zero-order valence-corrected chi connectivity index (χ0v) is 11.5. The summed E-state index contributed by atoms with van der Waals surface area (Å²) in [5.74, 6) is 0. The molecule has 0 atom stereocenters. The molecule has 3 heteroatoms. The number of rotatable bonds is 3. The summed E-state index contributed by atoms with van der Waals surface area (Å²) in [6.45, 7) is 3.14. The first-order chi connectivity index (χ1) is 8.75. The number of para-hydroxylation sites is 1. The molecule has 0 aliphatic heterocycles. The molecule has 0 unspecified atom stereocenters. The molecule has 1 aliphatic rings. The van der Waals surface area contributed by atoms with Gasteiger partial charge in [0.2, 0.25) is 0 Å². The van der Waals surface area contributed by atoms with Crippen molar-refractivity contribution in [2.24, 2.45) is 0 Å². The van der Waals surface area contributed by atoms with E-state index in [1.54, 1.807) is 5.57 Å². The molecule has 1 aromatic carbocycles. The van der Waals surface area contributed by atoms with Gasteiger partial charge < -0.3 is 9.55 Å². The number of hydrogen-bond donors (Lipinski definition) is 1. The fraction of sp³-hybridized carbons (Fsp3) is 0.400. The number of aromatic nitrogens is 2. The Balaban J connectivity index is 1.95. The number of aryl methyl sites for hydroxylation is 2. The van der Waals surface area contributed by atoms with Gasteiger partial charge in [0, 0.05) is 6.54 Å². The van der Waals surface area contributed by atoms with Gasteiger partial charge in [-0.2, -0.15) is 0 Å². The molecule has 3 rings (SSSR count). The maximum Gasteiger partial charge on any atom is 0.178 e. The van der Waals surface area contributed by atoms with Crippen molar-refractivity contribution in [3.8, 4) is 0 Å². The van der Waals surface area contributed by atoms with Gasteiger partial charge in [0.05, 0.1) is 11.0 Å². The van der Waals surface area contributed by atoms with Gasteiger partial charge in [0.25, 0.3) is 0 Å². The third-order valence-corrected chi connectivity index (χ3v) is 4.11. The monoisotopic (exact) mass is 258 g/mol. The standard InChI is InChI=1S/C15H18N2S/c1-11-5-4-8-13-14(11)17(15(18)16-13)10-9-12-6-2-3-7-12/h4-6,8H,2-3,7,9-10H2,1H3,(H,16,18). The normalized spacial score (nSPS) is 15.3. The van der Waals surface area contributed by atoms with Crippen LogP contribution in [0.4, 0.5) is 0 Å². The summed E-state index contributed by atoms with van der Waals surface area (Å²) in [6.07, 6.45) is 7.39. The van der Waals surface area contributed by atoms with Crippen LogP contribution in [0, 0.1) is 11.7 Å². The minimum absolute atomic E-state index is 0.845. The second-order valence-corrected chi connectivity index (χ2v) is 5.44. The Morgan fingerprint density at radius 3 is 3.06 bits per heavy atom. The van der Waals surface area contributed by atoms with E-state index in [0.29, 0.717) is 0 Å². The van der Waals surface area contributed by atoms with Crippen LogP contribution in [0.2, 0.25) is 0 Å². The van der Waals surface area contributed by atoms with Crippen molar-refractivity contribution in [3.05, 3.63) is 40.2 Å². The van der Waals surface area contributed by atoms with Gasteiger partial charge in [-0.15, -0.1) is 0 Å². The lowest BCUT2D eigenvalue weighted by molar-refractivity contribution is 0.687. The maximum absolute atomic E-state index is 5.44. The molecule has 1 N–H and O–H groups in total. The zero-order valence-electron chi connectivity index (χ0n) is 10.7. The first-order valence-corrected chi connectivity index (χ1v) is 7.02. The van der Waals surface area contributed by atoms with E-state index in [4.69, 9.17) is 12.2 Å². The van der Waals surface area contributed by atoms with Crippen LogP contribution in [0.1, 0.15) is 31.2 Å². The highest BCUT2D eigenvalue weighted by molar-refractivity contribution is 7.71. The zero-order chi connectivity index (χ0) is 12.5. The molecule has 1 heterocycles. The molecule has 0 saturated heterocycles. The molecule has 0 spiro atoms. The lowest BCUT2D eigenvalue weighted by Gasteiger charge is -2.07. The smallest absolute Gasteiger partial charge is 0.178 e. The summed E-state index contributed by atoms with van der Waals surface area (Å²) in [7, 11) is 0. The van der Waals surface area contributed by atoms with Crippen LogP contribution in [0.5, 0.6) is 0 Å². The van der Waals surface area contributed by atoms with Crippen molar-refractivity contribution in [1.82, 2.24) is 9.55 Å².